The largest absolute Gasteiger partial charge is 0.511 e. The number of carbonyl (C=O) groups is 1. The first kappa shape index (κ1) is 10.4. The Kier molecular flexibility index (Phi) is 5.35. The lowest BCUT2D eigenvalue weighted by molar-refractivity contribution is 0.0573. The van der Waals surface area contributed by atoms with Gasteiger partial charge in [0.2, 0.25) is 0 Å². The van der Waals surface area contributed by atoms with Gasteiger partial charge in [0, 0.05) is 6.08 Å². The maximum Gasteiger partial charge on any atom is 0.511 e. The number of halogens is 1. The van der Waals surface area contributed by atoms with Crippen molar-refractivity contribution in [2.45, 2.75) is 13.3 Å². The summed E-state index contributed by atoms with van der Waals surface area (Å²) in [4.78, 5) is 9.77. The van der Waals surface area contributed by atoms with Crippen LogP contribution < -0.4 is 0 Å². The molecule has 0 aromatic carbocycles. The van der Waals surface area contributed by atoms with E-state index in [0.29, 0.717) is 0 Å². The normalized spacial score (nSPS) is 20.4. The fraction of sp³-hybridized carbons (Fsp3) is 0.429. The Balaban J connectivity index is 0.000000217. The second-order valence-electron chi connectivity index (χ2n) is 1.72. The predicted molar refractivity (Wildman–Crippen MR) is 37.8 cm³/mol. The van der Waals surface area contributed by atoms with E-state index in [4.69, 9.17) is 5.26 Å². The highest BCUT2D eigenvalue weighted by atomic mass is 19.1. The number of alkyl halides is 1. The van der Waals surface area contributed by atoms with Crippen molar-refractivity contribution in [3.8, 4) is 6.07 Å². The van der Waals surface area contributed by atoms with E-state index in [0.717, 1.165) is 0 Å². The van der Waals surface area contributed by atoms with Gasteiger partial charge in [0.05, 0.1) is 6.07 Å². The van der Waals surface area contributed by atoms with Gasteiger partial charge < -0.3 is 9.47 Å². The third-order valence-corrected chi connectivity index (χ3v) is 0.798. The van der Waals surface area contributed by atoms with Gasteiger partial charge >= 0.3 is 6.16 Å². The Hall–Kier alpha value is -1.57. The molecule has 1 aliphatic heterocycles. The standard InChI is InChI=1S/C4H5N.C3H3FO3/c1-2-3-4-5;4-2-1-6-3(5)7-2/h2-3H,1H3;2H,1H2. The highest BCUT2D eigenvalue weighted by molar-refractivity contribution is 5.61. The molecule has 0 saturated carbocycles. The van der Waals surface area contributed by atoms with Crippen LogP contribution in [0.1, 0.15) is 6.92 Å². The van der Waals surface area contributed by atoms with Crippen molar-refractivity contribution in [2.75, 3.05) is 6.61 Å². The maximum absolute atomic E-state index is 11.6. The molecule has 1 unspecified atom stereocenters. The van der Waals surface area contributed by atoms with Crippen molar-refractivity contribution in [3.05, 3.63) is 12.2 Å². The van der Waals surface area contributed by atoms with Gasteiger partial charge in [0.25, 0.3) is 6.36 Å². The molecule has 5 heteroatoms. The maximum atomic E-state index is 11.6. The molecule has 4 nitrogen and oxygen atoms in total. The summed E-state index contributed by atoms with van der Waals surface area (Å²) in [6, 6.07) is 1.84. The average molecular weight is 173 g/mol. The number of nitriles is 1. The SMILES string of the molecule is CC=CC#N.O=C1OCC(F)O1. The number of rotatable bonds is 0. The number of ether oxygens (including phenoxy) is 2. The lowest BCUT2D eigenvalue weighted by atomic mass is 10.6. The summed E-state index contributed by atoms with van der Waals surface area (Å²) in [6.45, 7) is 1.54. The molecule has 0 aromatic heterocycles. The predicted octanol–water partition coefficient (Wildman–Crippen LogP) is 1.53. The number of hydrogen-bond acceptors (Lipinski definition) is 4. The first-order valence-corrected chi connectivity index (χ1v) is 3.19. The summed E-state index contributed by atoms with van der Waals surface area (Å²) in [5.74, 6) is 0. The molecule has 1 fully saturated rings. The van der Waals surface area contributed by atoms with Crippen LogP contribution in [0.15, 0.2) is 12.2 Å². The molecule has 0 aromatic rings. The first-order valence-electron chi connectivity index (χ1n) is 3.19. The minimum absolute atomic E-state index is 0.265. The number of nitrogens with zero attached hydrogens (tertiary/aromatic N) is 1. The van der Waals surface area contributed by atoms with Gasteiger partial charge in [0.1, 0.15) is 0 Å². The van der Waals surface area contributed by atoms with Crippen molar-refractivity contribution < 1.29 is 18.7 Å². The summed E-state index contributed by atoms with van der Waals surface area (Å²) in [6.07, 6.45) is 0.653. The number of hydrogen-bond donors (Lipinski definition) is 0. The van der Waals surface area contributed by atoms with Gasteiger partial charge in [-0.3, -0.25) is 0 Å². The lowest BCUT2D eigenvalue weighted by Crippen LogP contribution is -1.98. The van der Waals surface area contributed by atoms with Gasteiger partial charge in [-0.05, 0) is 6.92 Å². The fourth-order valence-electron chi connectivity index (χ4n) is 0.381. The van der Waals surface area contributed by atoms with Crippen molar-refractivity contribution >= 4 is 6.16 Å². The Bertz CT molecular complexity index is 209. The van der Waals surface area contributed by atoms with Crippen molar-refractivity contribution in [1.29, 1.82) is 5.26 Å². The van der Waals surface area contributed by atoms with E-state index in [-0.39, 0.29) is 6.61 Å². The molecule has 0 radical (unpaired) electrons. The monoisotopic (exact) mass is 173 g/mol. The van der Waals surface area contributed by atoms with Crippen LogP contribution in [-0.2, 0) is 9.47 Å². The molecule has 1 aliphatic rings. The van der Waals surface area contributed by atoms with Gasteiger partial charge in [-0.1, -0.05) is 6.08 Å². The summed E-state index contributed by atoms with van der Waals surface area (Å²) in [7, 11) is 0. The van der Waals surface area contributed by atoms with Gasteiger partial charge in [-0.2, -0.15) is 9.65 Å². The van der Waals surface area contributed by atoms with E-state index in [9.17, 15) is 9.18 Å². The van der Waals surface area contributed by atoms with Crippen molar-refractivity contribution in [3.63, 3.8) is 0 Å². The van der Waals surface area contributed by atoms with Crippen LogP contribution in [0.5, 0.6) is 0 Å². The summed E-state index contributed by atoms with van der Waals surface area (Å²) >= 11 is 0. The second kappa shape index (κ2) is 6.16. The first-order chi connectivity index (χ1) is 5.70. The van der Waals surface area contributed by atoms with Crippen LogP contribution in [0, 0.1) is 11.3 Å². The molecule has 12 heavy (non-hydrogen) atoms. The zero-order valence-electron chi connectivity index (χ0n) is 6.49. The molecule has 0 bridgehead atoms. The number of cyclic esters (lactones) is 2. The van der Waals surface area contributed by atoms with Crippen LogP contribution in [-0.4, -0.2) is 19.1 Å². The molecular formula is C7H8FNO3. The van der Waals surface area contributed by atoms with E-state index in [2.05, 4.69) is 9.47 Å². The van der Waals surface area contributed by atoms with E-state index in [1.807, 2.05) is 13.0 Å². The number of carbonyl (C=O) groups excluding carboxylic acids is 1. The smallest absolute Gasteiger partial charge is 0.427 e. The van der Waals surface area contributed by atoms with Gasteiger partial charge in [-0.15, -0.1) is 0 Å². The van der Waals surface area contributed by atoms with Crippen molar-refractivity contribution in [2.24, 2.45) is 0 Å². The van der Waals surface area contributed by atoms with Gasteiger partial charge in [-0.25, -0.2) is 4.79 Å². The van der Waals surface area contributed by atoms with E-state index < -0.39 is 12.5 Å². The number of allylic oxidation sites excluding steroid dienone is 2. The lowest BCUT2D eigenvalue weighted by Gasteiger charge is -1.85. The molecule has 1 heterocycles. The van der Waals surface area contributed by atoms with Gasteiger partial charge in [0.15, 0.2) is 6.61 Å². The third-order valence-electron chi connectivity index (χ3n) is 0.798. The van der Waals surface area contributed by atoms with Crippen LogP contribution in [0.25, 0.3) is 0 Å². The van der Waals surface area contributed by atoms with Crippen LogP contribution >= 0.6 is 0 Å². The summed E-state index contributed by atoms with van der Waals surface area (Å²) < 4.78 is 19.5. The zero-order chi connectivity index (χ0) is 9.40. The Morgan fingerprint density at radius 3 is 2.58 bits per heavy atom. The summed E-state index contributed by atoms with van der Waals surface area (Å²) in [5, 5.41) is 7.73. The fourth-order valence-corrected chi connectivity index (χ4v) is 0.381. The highest BCUT2D eigenvalue weighted by Crippen LogP contribution is 2.05. The minimum Gasteiger partial charge on any atom is -0.427 e. The highest BCUT2D eigenvalue weighted by Gasteiger charge is 2.23. The summed E-state index contributed by atoms with van der Waals surface area (Å²) in [5.41, 5.74) is 0. The molecule has 66 valence electrons. The molecule has 1 saturated heterocycles. The van der Waals surface area contributed by atoms with Crippen LogP contribution in [0.3, 0.4) is 0 Å². The molecule has 0 spiro atoms. The third kappa shape index (κ3) is 5.23. The van der Waals surface area contributed by atoms with Crippen LogP contribution in [0.4, 0.5) is 9.18 Å². The zero-order valence-corrected chi connectivity index (χ0v) is 6.49. The Labute approximate surface area is 69.2 Å². The van der Waals surface area contributed by atoms with E-state index in [1.165, 1.54) is 6.08 Å². The molecular weight excluding hydrogens is 165 g/mol. The molecule has 1 rings (SSSR count). The van der Waals surface area contributed by atoms with Crippen LogP contribution in [0.2, 0.25) is 0 Å². The molecule has 0 N–H and O–H groups in total. The van der Waals surface area contributed by atoms with E-state index in [1.54, 1.807) is 6.08 Å². The molecule has 1 atom stereocenters. The second-order valence-corrected chi connectivity index (χ2v) is 1.72. The van der Waals surface area contributed by atoms with E-state index >= 15 is 0 Å². The van der Waals surface area contributed by atoms with Crippen molar-refractivity contribution in [1.82, 2.24) is 0 Å². The molecule has 0 amide bonds. The topological polar surface area (TPSA) is 59.3 Å². The Morgan fingerprint density at radius 2 is 2.50 bits per heavy atom. The quantitative estimate of drug-likeness (QED) is 0.411. The minimum atomic E-state index is -1.55. The Morgan fingerprint density at radius 1 is 1.83 bits per heavy atom. The molecule has 0 aliphatic carbocycles. The average Bonchev–Trinajstić information content (AvgIpc) is 2.38.